The van der Waals surface area contributed by atoms with Gasteiger partial charge in [0, 0.05) is 6.07 Å². The number of hydrogen-bond acceptors (Lipinski definition) is 5. The molecule has 62 valence electrons. The van der Waals surface area contributed by atoms with E-state index >= 15 is 0 Å². The van der Waals surface area contributed by atoms with Gasteiger partial charge in [0.25, 0.3) is 0 Å². The summed E-state index contributed by atoms with van der Waals surface area (Å²) in [5.74, 6) is 0.0751. The molecule has 5 N–H and O–H groups in total. The number of phenols is 1. The van der Waals surface area contributed by atoms with Crippen LogP contribution in [0, 0.1) is 0 Å². The average molecular weight is 181 g/mol. The van der Waals surface area contributed by atoms with E-state index in [9.17, 15) is 5.11 Å². The van der Waals surface area contributed by atoms with Gasteiger partial charge in [-0.05, 0) is 6.07 Å². The Labute approximate surface area is 72.4 Å². The molecule has 0 atom stereocenters. The van der Waals surface area contributed by atoms with Gasteiger partial charge < -0.3 is 16.6 Å². The summed E-state index contributed by atoms with van der Waals surface area (Å²) in [4.78, 5) is 4.02. The largest absolute Gasteiger partial charge is 0.506 e. The van der Waals surface area contributed by atoms with E-state index in [-0.39, 0.29) is 5.75 Å². The highest BCUT2D eigenvalue weighted by Crippen LogP contribution is 2.31. The number of aromatic nitrogens is 1. The number of benzene rings is 1. The molecule has 1 aromatic heterocycles. The lowest BCUT2D eigenvalue weighted by Gasteiger charge is -1.95. The number of fused-ring (bicyclic) bond motifs is 1. The van der Waals surface area contributed by atoms with E-state index in [2.05, 4.69) is 4.98 Å². The minimum absolute atomic E-state index is 0.0751. The van der Waals surface area contributed by atoms with E-state index in [1.165, 1.54) is 11.3 Å². The van der Waals surface area contributed by atoms with Crippen molar-refractivity contribution in [3.8, 4) is 5.75 Å². The highest BCUT2D eigenvalue weighted by atomic mass is 32.1. The average Bonchev–Trinajstić information content (AvgIpc) is 2.30. The molecule has 1 aromatic carbocycles. The Morgan fingerprint density at radius 3 is 2.83 bits per heavy atom. The van der Waals surface area contributed by atoms with Crippen LogP contribution in [0.4, 0.5) is 10.8 Å². The molecule has 4 nitrogen and oxygen atoms in total. The minimum Gasteiger partial charge on any atom is -0.506 e. The summed E-state index contributed by atoms with van der Waals surface area (Å²) in [7, 11) is 0. The monoisotopic (exact) mass is 181 g/mol. The van der Waals surface area contributed by atoms with Crippen molar-refractivity contribution in [3.63, 3.8) is 0 Å². The number of nitrogens with zero attached hydrogens (tertiary/aromatic N) is 1. The lowest BCUT2D eigenvalue weighted by molar-refractivity contribution is 0.479. The quantitative estimate of drug-likeness (QED) is 0.420. The van der Waals surface area contributed by atoms with Crippen LogP contribution in [0.3, 0.4) is 0 Å². The van der Waals surface area contributed by atoms with Gasteiger partial charge in [0.2, 0.25) is 0 Å². The molecule has 1 heterocycles. The van der Waals surface area contributed by atoms with Crippen molar-refractivity contribution in [2.24, 2.45) is 0 Å². The first kappa shape index (κ1) is 7.17. The maximum atomic E-state index is 9.24. The summed E-state index contributed by atoms with van der Waals surface area (Å²) in [5.41, 5.74) is 12.0. The van der Waals surface area contributed by atoms with Crippen molar-refractivity contribution in [2.45, 2.75) is 0 Å². The van der Waals surface area contributed by atoms with Crippen molar-refractivity contribution in [1.82, 2.24) is 4.98 Å². The fraction of sp³-hybridized carbons (Fsp3) is 0. The maximum Gasteiger partial charge on any atom is 0.181 e. The highest BCUT2D eigenvalue weighted by molar-refractivity contribution is 7.22. The van der Waals surface area contributed by atoms with Crippen LogP contribution in [0.25, 0.3) is 10.2 Å². The molecule has 2 aromatic rings. The number of thiazole rings is 1. The molecule has 0 aliphatic rings. The Bertz CT molecular complexity index is 398. The fourth-order valence-corrected chi connectivity index (χ4v) is 1.75. The lowest BCUT2D eigenvalue weighted by atomic mass is 10.3. The van der Waals surface area contributed by atoms with E-state index in [1.54, 1.807) is 12.1 Å². The molecular weight excluding hydrogens is 174 g/mol. The summed E-state index contributed by atoms with van der Waals surface area (Å²) < 4.78 is 0.846. The first-order valence-corrected chi connectivity index (χ1v) is 4.13. The number of anilines is 2. The Morgan fingerprint density at radius 1 is 1.33 bits per heavy atom. The molecule has 2 rings (SSSR count). The number of hydrogen-bond donors (Lipinski definition) is 3. The number of nitrogens with two attached hydrogens (primary N) is 2. The summed E-state index contributed by atoms with van der Waals surface area (Å²) in [6.45, 7) is 0. The van der Waals surface area contributed by atoms with Gasteiger partial charge in [-0.15, -0.1) is 0 Å². The number of phenolic OH excluding ortho intramolecular Hbond substituents is 1. The lowest BCUT2D eigenvalue weighted by Crippen LogP contribution is -1.84. The van der Waals surface area contributed by atoms with Crippen molar-refractivity contribution in [1.29, 1.82) is 0 Å². The van der Waals surface area contributed by atoms with Crippen LogP contribution in [0.5, 0.6) is 5.75 Å². The third-order valence-corrected chi connectivity index (χ3v) is 2.40. The highest BCUT2D eigenvalue weighted by Gasteiger charge is 2.04. The van der Waals surface area contributed by atoms with Gasteiger partial charge >= 0.3 is 0 Å². The minimum atomic E-state index is 0.0751. The van der Waals surface area contributed by atoms with Gasteiger partial charge in [-0.3, -0.25) is 0 Å². The van der Waals surface area contributed by atoms with Gasteiger partial charge in [0.15, 0.2) is 5.13 Å². The second-order valence-electron chi connectivity index (χ2n) is 2.43. The van der Waals surface area contributed by atoms with Crippen LogP contribution in [-0.2, 0) is 0 Å². The predicted octanol–water partition coefficient (Wildman–Crippen LogP) is 1.17. The summed E-state index contributed by atoms with van der Waals surface area (Å²) >= 11 is 1.33. The number of aromatic hydroxyl groups is 1. The zero-order valence-corrected chi connectivity index (χ0v) is 6.93. The maximum absolute atomic E-state index is 9.24. The van der Waals surface area contributed by atoms with E-state index < -0.39 is 0 Å². The van der Waals surface area contributed by atoms with Gasteiger partial charge in [-0.25, -0.2) is 4.98 Å². The Morgan fingerprint density at radius 2 is 2.08 bits per heavy atom. The van der Waals surface area contributed by atoms with Crippen LogP contribution in [0.2, 0.25) is 0 Å². The van der Waals surface area contributed by atoms with Crippen LogP contribution < -0.4 is 11.5 Å². The Hall–Kier alpha value is -1.49. The van der Waals surface area contributed by atoms with Crippen molar-refractivity contribution < 1.29 is 5.11 Å². The third-order valence-electron chi connectivity index (χ3n) is 1.55. The fourth-order valence-electron chi connectivity index (χ4n) is 0.997. The zero-order valence-electron chi connectivity index (χ0n) is 6.11. The number of nitrogen functional groups attached to an aromatic ring is 2. The van der Waals surface area contributed by atoms with Gasteiger partial charge in [-0.2, -0.15) is 0 Å². The van der Waals surface area contributed by atoms with Gasteiger partial charge in [0.05, 0.1) is 15.9 Å². The van der Waals surface area contributed by atoms with Crippen LogP contribution in [0.15, 0.2) is 12.1 Å². The summed E-state index contributed by atoms with van der Waals surface area (Å²) in [5, 5.41) is 9.72. The molecule has 0 saturated carbocycles. The molecule has 5 heteroatoms. The molecule has 0 unspecified atom stereocenters. The van der Waals surface area contributed by atoms with Crippen molar-refractivity contribution in [3.05, 3.63) is 12.1 Å². The molecule has 0 aliphatic heterocycles. The van der Waals surface area contributed by atoms with Crippen LogP contribution in [0.1, 0.15) is 0 Å². The first-order chi connectivity index (χ1) is 5.66. The second-order valence-corrected chi connectivity index (χ2v) is 3.49. The molecule has 0 amide bonds. The molecule has 0 radical (unpaired) electrons. The standard InChI is InChI=1S/C7H7N3OS/c8-3-1-4-6(2-5(3)11)12-7(9)10-4/h1-2,11H,8H2,(H2,9,10). The molecule has 0 saturated heterocycles. The van der Waals surface area contributed by atoms with E-state index in [1.807, 2.05) is 0 Å². The summed E-state index contributed by atoms with van der Waals surface area (Å²) in [6, 6.07) is 3.18. The third kappa shape index (κ3) is 0.947. The van der Waals surface area contributed by atoms with E-state index in [0.717, 1.165) is 10.2 Å². The van der Waals surface area contributed by atoms with Gasteiger partial charge in [0.1, 0.15) is 5.75 Å². The zero-order chi connectivity index (χ0) is 8.72. The molecule has 0 bridgehead atoms. The molecule has 0 spiro atoms. The molecule has 0 aliphatic carbocycles. The molecule has 12 heavy (non-hydrogen) atoms. The van der Waals surface area contributed by atoms with Gasteiger partial charge in [-0.1, -0.05) is 11.3 Å². The predicted molar refractivity (Wildman–Crippen MR) is 50.1 cm³/mol. The number of rotatable bonds is 0. The summed E-state index contributed by atoms with van der Waals surface area (Å²) in [6.07, 6.45) is 0. The van der Waals surface area contributed by atoms with Crippen molar-refractivity contribution >= 4 is 32.4 Å². The molecule has 0 fully saturated rings. The second kappa shape index (κ2) is 2.25. The van der Waals surface area contributed by atoms with Crippen LogP contribution in [-0.4, -0.2) is 10.1 Å². The van der Waals surface area contributed by atoms with E-state index in [0.29, 0.717) is 10.8 Å². The Kier molecular flexibility index (Phi) is 1.34. The van der Waals surface area contributed by atoms with Crippen LogP contribution >= 0.6 is 11.3 Å². The smallest absolute Gasteiger partial charge is 0.181 e. The SMILES string of the molecule is Nc1nc2cc(N)c(O)cc2s1. The normalized spacial score (nSPS) is 10.7. The van der Waals surface area contributed by atoms with Crippen molar-refractivity contribution in [2.75, 3.05) is 11.5 Å². The Balaban J connectivity index is 2.83. The first-order valence-electron chi connectivity index (χ1n) is 3.31. The topological polar surface area (TPSA) is 85.2 Å². The van der Waals surface area contributed by atoms with E-state index in [4.69, 9.17) is 11.5 Å². The molecular formula is C7H7N3OS.